The van der Waals surface area contributed by atoms with E-state index in [1.807, 2.05) is 6.92 Å². The Bertz CT molecular complexity index is 931. The van der Waals surface area contributed by atoms with Gasteiger partial charge in [-0.25, -0.2) is 0 Å². The van der Waals surface area contributed by atoms with E-state index in [-0.39, 0.29) is 6.61 Å². The van der Waals surface area contributed by atoms with Crippen LogP contribution < -0.4 is 0 Å². The lowest BCUT2D eigenvalue weighted by molar-refractivity contribution is -0.393. The minimum atomic E-state index is -1.80. The maximum atomic E-state index is 11.2. The summed E-state index contributed by atoms with van der Waals surface area (Å²) in [4.78, 5) is 0. The Morgan fingerprint density at radius 1 is 0.478 bits per heavy atom. The number of aliphatic hydroxyl groups excluding tert-OH is 10. The first-order chi connectivity index (χ1) is 21.7. The van der Waals surface area contributed by atoms with Crippen LogP contribution in [0.25, 0.3) is 0 Å². The van der Waals surface area contributed by atoms with Crippen LogP contribution in [-0.2, 0) is 37.9 Å². The third-order valence-corrected chi connectivity index (χ3v) is 8.93. The average Bonchev–Trinajstić information content (AvgIpc) is 3.04. The van der Waals surface area contributed by atoms with Crippen LogP contribution in [0.15, 0.2) is 0 Å². The van der Waals surface area contributed by atoms with Crippen molar-refractivity contribution < 1.29 is 89.0 Å². The average molecular weight is 675 g/mol. The summed E-state index contributed by atoms with van der Waals surface area (Å²) in [6.07, 6.45) is -26.3. The summed E-state index contributed by atoms with van der Waals surface area (Å²) >= 11 is 0. The maximum Gasteiger partial charge on any atom is 0.187 e. The van der Waals surface area contributed by atoms with Gasteiger partial charge in [0.15, 0.2) is 25.2 Å². The zero-order valence-electron chi connectivity index (χ0n) is 26.1. The fraction of sp³-hybridized carbons (Fsp3) is 1.00. The molecule has 0 aliphatic carbocycles. The van der Waals surface area contributed by atoms with Crippen molar-refractivity contribution in [2.45, 2.75) is 151 Å². The molecule has 0 aromatic carbocycles. The van der Waals surface area contributed by atoms with E-state index in [0.717, 1.165) is 0 Å². The molecule has 10 N–H and O–H groups in total. The standard InChI is InChI=1S/C28H50O18/c1-5-6-39-28-24(23(15(32)11(4)41-28)45-27-21(38)19(36)16(33)12(7-29)43-27)46-25-9(2)22(17(34)13(8-30)42-25)44-26-20(37)18(35)14(31)10(3)40-26/h9-38H,5-8H2,1-4H3/t9-,10?,11?,12-,13?,14-,15-,16+,17+,18?,19?,20-,21?,22?,23?,24-,25-,26-,27+,28+/m0/s1. The summed E-state index contributed by atoms with van der Waals surface area (Å²) in [7, 11) is 0. The molecule has 4 heterocycles. The molecule has 270 valence electrons. The van der Waals surface area contributed by atoms with Gasteiger partial charge in [0.2, 0.25) is 0 Å². The molecule has 4 aliphatic rings. The van der Waals surface area contributed by atoms with Gasteiger partial charge in [-0.05, 0) is 20.3 Å². The molecular formula is C28H50O18. The molecular weight excluding hydrogens is 624 g/mol. The lowest BCUT2D eigenvalue weighted by atomic mass is 9.91. The summed E-state index contributed by atoms with van der Waals surface area (Å²) in [6.45, 7) is 5.19. The van der Waals surface area contributed by atoms with Crippen molar-refractivity contribution >= 4 is 0 Å². The molecule has 4 rings (SSSR count). The second-order valence-electron chi connectivity index (χ2n) is 12.3. The van der Waals surface area contributed by atoms with Crippen LogP contribution in [0.5, 0.6) is 0 Å². The van der Waals surface area contributed by atoms with Crippen molar-refractivity contribution in [1.29, 1.82) is 0 Å². The van der Waals surface area contributed by atoms with Crippen LogP contribution in [0.2, 0.25) is 0 Å². The van der Waals surface area contributed by atoms with Crippen LogP contribution in [-0.4, -0.2) is 188 Å². The Labute approximate surface area is 265 Å². The third-order valence-electron chi connectivity index (χ3n) is 8.93. The van der Waals surface area contributed by atoms with Crippen molar-refractivity contribution in [1.82, 2.24) is 0 Å². The largest absolute Gasteiger partial charge is 0.394 e. The van der Waals surface area contributed by atoms with Gasteiger partial charge in [-0.15, -0.1) is 0 Å². The second-order valence-corrected chi connectivity index (χ2v) is 12.3. The molecule has 8 unspecified atom stereocenters. The normalized spacial score (nSPS) is 52.0. The lowest BCUT2D eigenvalue weighted by Gasteiger charge is -2.50. The van der Waals surface area contributed by atoms with E-state index < -0.39 is 136 Å². The molecule has 4 saturated heterocycles. The van der Waals surface area contributed by atoms with Crippen molar-refractivity contribution in [2.24, 2.45) is 5.92 Å². The SMILES string of the molecule is CCCO[C@@H]1OC(C)[C@H](O)C(O[C@H]2O[C@@H](CO)[C@@H](O)C(O)C2O)[C@@H]1O[C@@H]1OC(CO)[C@@H](O)C(O[C@@H]2OC(C)[C@H](O)C(O)[C@@H]2O)[C@@H]1C. The Morgan fingerprint density at radius 2 is 0.957 bits per heavy atom. The fourth-order valence-electron chi connectivity index (χ4n) is 5.99. The smallest absolute Gasteiger partial charge is 0.187 e. The van der Waals surface area contributed by atoms with E-state index in [0.29, 0.717) is 6.42 Å². The Morgan fingerprint density at radius 3 is 1.57 bits per heavy atom. The highest BCUT2D eigenvalue weighted by Gasteiger charge is 2.54. The summed E-state index contributed by atoms with van der Waals surface area (Å²) < 4.78 is 46.9. The maximum absolute atomic E-state index is 11.2. The van der Waals surface area contributed by atoms with Crippen LogP contribution in [0.4, 0.5) is 0 Å². The van der Waals surface area contributed by atoms with Gasteiger partial charge in [0, 0.05) is 12.5 Å². The van der Waals surface area contributed by atoms with E-state index in [4.69, 9.17) is 37.9 Å². The Balaban J connectivity index is 1.60. The summed E-state index contributed by atoms with van der Waals surface area (Å²) in [5.74, 6) is -0.899. The fourth-order valence-corrected chi connectivity index (χ4v) is 5.99. The van der Waals surface area contributed by atoms with E-state index >= 15 is 0 Å². The third kappa shape index (κ3) is 7.85. The van der Waals surface area contributed by atoms with Gasteiger partial charge in [-0.1, -0.05) is 13.8 Å². The topological polar surface area (TPSA) is 276 Å². The van der Waals surface area contributed by atoms with Gasteiger partial charge in [-0.3, -0.25) is 0 Å². The number of hydrogen-bond donors (Lipinski definition) is 10. The zero-order valence-corrected chi connectivity index (χ0v) is 26.1. The number of rotatable bonds is 11. The van der Waals surface area contributed by atoms with E-state index in [1.165, 1.54) is 13.8 Å². The molecule has 20 atom stereocenters. The molecule has 0 saturated carbocycles. The first kappa shape index (κ1) is 38.1. The molecule has 0 aromatic rings. The van der Waals surface area contributed by atoms with Gasteiger partial charge in [-0.2, -0.15) is 0 Å². The van der Waals surface area contributed by atoms with E-state index in [2.05, 4.69) is 0 Å². The number of ether oxygens (including phenoxy) is 8. The molecule has 0 amide bonds. The Kier molecular flexibility index (Phi) is 13.5. The van der Waals surface area contributed by atoms with E-state index in [9.17, 15) is 51.1 Å². The Hall–Kier alpha value is -0.720. The van der Waals surface area contributed by atoms with Crippen molar-refractivity contribution in [3.05, 3.63) is 0 Å². The predicted octanol–water partition coefficient (Wildman–Crippen LogP) is -4.98. The van der Waals surface area contributed by atoms with Crippen LogP contribution in [0.1, 0.15) is 34.1 Å². The zero-order chi connectivity index (χ0) is 34.0. The minimum absolute atomic E-state index is 0.189. The van der Waals surface area contributed by atoms with Gasteiger partial charge in [0.25, 0.3) is 0 Å². The number of aliphatic hydroxyl groups is 10. The quantitative estimate of drug-likeness (QED) is 0.0982. The molecule has 0 spiro atoms. The second kappa shape index (κ2) is 16.3. The molecule has 46 heavy (non-hydrogen) atoms. The van der Waals surface area contributed by atoms with E-state index in [1.54, 1.807) is 6.92 Å². The highest BCUT2D eigenvalue weighted by Crippen LogP contribution is 2.37. The van der Waals surface area contributed by atoms with Crippen molar-refractivity contribution in [2.75, 3.05) is 19.8 Å². The summed E-state index contributed by atoms with van der Waals surface area (Å²) in [5.41, 5.74) is 0. The predicted molar refractivity (Wildman–Crippen MR) is 148 cm³/mol. The van der Waals surface area contributed by atoms with Crippen LogP contribution >= 0.6 is 0 Å². The molecule has 0 radical (unpaired) electrons. The molecule has 18 heteroatoms. The molecule has 4 aliphatic heterocycles. The molecule has 0 bridgehead atoms. The number of hydrogen-bond acceptors (Lipinski definition) is 18. The molecule has 18 nitrogen and oxygen atoms in total. The van der Waals surface area contributed by atoms with Gasteiger partial charge in [0.05, 0.1) is 31.5 Å². The summed E-state index contributed by atoms with van der Waals surface area (Å²) in [6, 6.07) is 0. The van der Waals surface area contributed by atoms with Crippen molar-refractivity contribution in [3.63, 3.8) is 0 Å². The highest BCUT2D eigenvalue weighted by atomic mass is 16.8. The monoisotopic (exact) mass is 674 g/mol. The lowest BCUT2D eigenvalue weighted by Crippen LogP contribution is -2.66. The van der Waals surface area contributed by atoms with Crippen molar-refractivity contribution in [3.8, 4) is 0 Å². The van der Waals surface area contributed by atoms with Crippen LogP contribution in [0.3, 0.4) is 0 Å². The first-order valence-electron chi connectivity index (χ1n) is 15.6. The van der Waals surface area contributed by atoms with Gasteiger partial charge < -0.3 is 89.0 Å². The minimum Gasteiger partial charge on any atom is -0.394 e. The molecule has 4 fully saturated rings. The highest BCUT2D eigenvalue weighted by molar-refractivity contribution is 4.96. The van der Waals surface area contributed by atoms with Gasteiger partial charge >= 0.3 is 0 Å². The van der Waals surface area contributed by atoms with Gasteiger partial charge in [0.1, 0.15) is 73.2 Å². The summed E-state index contributed by atoms with van der Waals surface area (Å²) in [5, 5.41) is 104. The van der Waals surface area contributed by atoms with Crippen LogP contribution in [0, 0.1) is 5.92 Å². The molecule has 0 aromatic heterocycles. The first-order valence-corrected chi connectivity index (χ1v) is 15.6.